The maximum absolute atomic E-state index is 12.7. The third-order valence-electron chi connectivity index (χ3n) is 3.76. The van der Waals surface area contributed by atoms with Crippen LogP contribution in [0.15, 0.2) is 29.2 Å². The maximum atomic E-state index is 12.7. The second-order valence-corrected chi connectivity index (χ2v) is 7.32. The first-order valence-corrected chi connectivity index (χ1v) is 8.34. The first-order valence-electron chi connectivity index (χ1n) is 6.90. The van der Waals surface area contributed by atoms with Crippen molar-refractivity contribution in [3.63, 3.8) is 0 Å². The van der Waals surface area contributed by atoms with Gasteiger partial charge in [-0.05, 0) is 38.1 Å². The minimum absolute atomic E-state index is 0. The largest absolute Gasteiger partial charge is 0.378 e. The van der Waals surface area contributed by atoms with E-state index in [1.54, 1.807) is 22.5 Å². The van der Waals surface area contributed by atoms with E-state index >= 15 is 0 Å². The van der Waals surface area contributed by atoms with Gasteiger partial charge in [0.15, 0.2) is 0 Å². The highest BCUT2D eigenvalue weighted by atomic mass is 35.5. The van der Waals surface area contributed by atoms with Gasteiger partial charge < -0.3 is 10.2 Å². The van der Waals surface area contributed by atoms with Crippen LogP contribution in [0.25, 0.3) is 0 Å². The number of sulfonamides is 1. The van der Waals surface area contributed by atoms with Crippen molar-refractivity contribution in [2.45, 2.75) is 23.8 Å². The second-order valence-electron chi connectivity index (χ2n) is 5.38. The molecule has 1 saturated heterocycles. The van der Waals surface area contributed by atoms with Crippen molar-refractivity contribution in [1.82, 2.24) is 9.62 Å². The Balaban J connectivity index is 0.00000220. The first-order chi connectivity index (χ1) is 9.45. The van der Waals surface area contributed by atoms with Crippen LogP contribution in [0.1, 0.15) is 12.8 Å². The molecule has 0 aliphatic carbocycles. The van der Waals surface area contributed by atoms with Crippen LogP contribution < -0.4 is 10.2 Å². The van der Waals surface area contributed by atoms with E-state index in [-0.39, 0.29) is 18.4 Å². The molecular weight excluding hydrogens is 310 g/mol. The number of piperidine rings is 1. The number of rotatable bonds is 4. The molecule has 5 nitrogen and oxygen atoms in total. The predicted octanol–water partition coefficient (Wildman–Crippen LogP) is 1.55. The molecule has 0 amide bonds. The molecule has 1 heterocycles. The summed E-state index contributed by atoms with van der Waals surface area (Å²) in [5.74, 6) is 0. The zero-order chi connectivity index (χ0) is 14.8. The minimum Gasteiger partial charge on any atom is -0.378 e. The van der Waals surface area contributed by atoms with E-state index in [1.807, 2.05) is 32.1 Å². The molecule has 2 rings (SSSR count). The van der Waals surface area contributed by atoms with Crippen molar-refractivity contribution in [3.05, 3.63) is 24.3 Å². The SMILES string of the molecule is CNC1CCCN(S(=O)(=O)c2cccc(N(C)C)c2)C1.Cl. The van der Waals surface area contributed by atoms with Gasteiger partial charge >= 0.3 is 0 Å². The normalized spacial score (nSPS) is 19.9. The summed E-state index contributed by atoms with van der Waals surface area (Å²) >= 11 is 0. The Bertz CT molecular complexity index is 563. The second kappa shape index (κ2) is 7.45. The Morgan fingerprint density at radius 2 is 2.05 bits per heavy atom. The predicted molar refractivity (Wildman–Crippen MR) is 88.9 cm³/mol. The molecule has 1 atom stereocenters. The smallest absolute Gasteiger partial charge is 0.243 e. The standard InChI is InChI=1S/C14H23N3O2S.ClH/c1-15-12-6-5-9-17(11-12)20(18,19)14-8-4-7-13(10-14)16(2)3;/h4,7-8,10,12,15H,5-6,9,11H2,1-3H3;1H. The lowest BCUT2D eigenvalue weighted by Gasteiger charge is -2.31. The van der Waals surface area contributed by atoms with Crippen LogP contribution in [0.5, 0.6) is 0 Å². The minimum atomic E-state index is -3.39. The summed E-state index contributed by atoms with van der Waals surface area (Å²) in [5, 5.41) is 3.17. The van der Waals surface area contributed by atoms with Crippen LogP contribution in [-0.4, -0.2) is 53.0 Å². The zero-order valence-electron chi connectivity index (χ0n) is 12.7. The Labute approximate surface area is 133 Å². The Morgan fingerprint density at radius 1 is 1.33 bits per heavy atom. The number of nitrogens with zero attached hydrogens (tertiary/aromatic N) is 2. The molecule has 7 heteroatoms. The number of hydrogen-bond donors (Lipinski definition) is 1. The van der Waals surface area contributed by atoms with Crippen molar-refractivity contribution in [2.24, 2.45) is 0 Å². The van der Waals surface area contributed by atoms with Gasteiger partial charge in [0.2, 0.25) is 10.0 Å². The van der Waals surface area contributed by atoms with Gasteiger partial charge in [0.05, 0.1) is 4.90 Å². The van der Waals surface area contributed by atoms with Crippen LogP contribution in [0.4, 0.5) is 5.69 Å². The van der Waals surface area contributed by atoms with Crippen LogP contribution in [0, 0.1) is 0 Å². The number of benzene rings is 1. The summed E-state index contributed by atoms with van der Waals surface area (Å²) < 4.78 is 27.0. The van der Waals surface area contributed by atoms with E-state index in [1.165, 1.54) is 0 Å². The van der Waals surface area contributed by atoms with Crippen molar-refractivity contribution in [2.75, 3.05) is 39.1 Å². The summed E-state index contributed by atoms with van der Waals surface area (Å²) in [6, 6.07) is 7.35. The molecule has 1 unspecified atom stereocenters. The van der Waals surface area contributed by atoms with Crippen molar-refractivity contribution < 1.29 is 8.42 Å². The lowest BCUT2D eigenvalue weighted by atomic mass is 10.1. The highest BCUT2D eigenvalue weighted by molar-refractivity contribution is 7.89. The molecule has 1 aromatic rings. The number of likely N-dealkylation sites (N-methyl/N-ethyl adjacent to an activating group) is 1. The fourth-order valence-electron chi connectivity index (χ4n) is 2.47. The molecule has 21 heavy (non-hydrogen) atoms. The van der Waals surface area contributed by atoms with Crippen molar-refractivity contribution in [3.8, 4) is 0 Å². The Kier molecular flexibility index (Phi) is 6.46. The molecule has 0 aromatic heterocycles. The van der Waals surface area contributed by atoms with Gasteiger partial charge in [-0.25, -0.2) is 8.42 Å². The van der Waals surface area contributed by atoms with E-state index < -0.39 is 10.0 Å². The summed E-state index contributed by atoms with van der Waals surface area (Å²) in [6.07, 6.45) is 1.93. The lowest BCUT2D eigenvalue weighted by molar-refractivity contribution is 0.293. The maximum Gasteiger partial charge on any atom is 0.243 e. The third kappa shape index (κ3) is 4.10. The van der Waals surface area contributed by atoms with E-state index in [4.69, 9.17) is 0 Å². The first kappa shape index (κ1) is 18.2. The van der Waals surface area contributed by atoms with Gasteiger partial charge in [-0.15, -0.1) is 12.4 Å². The highest BCUT2D eigenvalue weighted by Gasteiger charge is 2.29. The fourth-order valence-corrected chi connectivity index (χ4v) is 4.03. The quantitative estimate of drug-likeness (QED) is 0.908. The lowest BCUT2D eigenvalue weighted by Crippen LogP contribution is -2.46. The third-order valence-corrected chi connectivity index (χ3v) is 5.63. The molecular formula is C14H24ClN3O2S. The molecule has 1 aliphatic rings. The van der Waals surface area contributed by atoms with Gasteiger partial charge in [-0.1, -0.05) is 6.07 Å². The number of halogens is 1. The van der Waals surface area contributed by atoms with E-state index in [9.17, 15) is 8.42 Å². The van der Waals surface area contributed by atoms with E-state index in [2.05, 4.69) is 5.32 Å². The molecule has 1 aromatic carbocycles. The molecule has 1 fully saturated rings. The Hall–Kier alpha value is -0.820. The summed E-state index contributed by atoms with van der Waals surface area (Å²) in [4.78, 5) is 2.28. The van der Waals surface area contributed by atoms with Crippen LogP contribution >= 0.6 is 12.4 Å². The summed E-state index contributed by atoms with van der Waals surface area (Å²) in [7, 11) is 2.30. The van der Waals surface area contributed by atoms with Crippen LogP contribution in [-0.2, 0) is 10.0 Å². The van der Waals surface area contributed by atoms with Crippen LogP contribution in [0.2, 0.25) is 0 Å². The molecule has 0 radical (unpaired) electrons. The summed E-state index contributed by atoms with van der Waals surface area (Å²) in [6.45, 7) is 1.15. The number of nitrogens with one attached hydrogen (secondary N) is 1. The highest BCUT2D eigenvalue weighted by Crippen LogP contribution is 2.23. The Morgan fingerprint density at radius 3 is 2.67 bits per heavy atom. The molecule has 0 saturated carbocycles. The molecule has 0 bridgehead atoms. The fraction of sp³-hybridized carbons (Fsp3) is 0.571. The average Bonchev–Trinajstić information content (AvgIpc) is 2.47. The molecule has 1 aliphatic heterocycles. The molecule has 0 spiro atoms. The van der Waals surface area contributed by atoms with Gasteiger partial charge in [-0.2, -0.15) is 4.31 Å². The topological polar surface area (TPSA) is 52.7 Å². The van der Waals surface area contributed by atoms with Gasteiger partial charge in [0.25, 0.3) is 0 Å². The van der Waals surface area contributed by atoms with Crippen molar-refractivity contribution in [1.29, 1.82) is 0 Å². The monoisotopic (exact) mass is 333 g/mol. The van der Waals surface area contributed by atoms with Gasteiger partial charge in [0.1, 0.15) is 0 Å². The summed E-state index contributed by atoms with van der Waals surface area (Å²) in [5.41, 5.74) is 0.897. The zero-order valence-corrected chi connectivity index (χ0v) is 14.4. The van der Waals surface area contributed by atoms with Crippen molar-refractivity contribution >= 4 is 28.1 Å². The van der Waals surface area contributed by atoms with Crippen LogP contribution in [0.3, 0.4) is 0 Å². The van der Waals surface area contributed by atoms with E-state index in [0.29, 0.717) is 18.0 Å². The van der Waals surface area contributed by atoms with Gasteiger partial charge in [0, 0.05) is 38.9 Å². The van der Waals surface area contributed by atoms with E-state index in [0.717, 1.165) is 18.5 Å². The molecule has 120 valence electrons. The average molecular weight is 334 g/mol. The number of hydrogen-bond acceptors (Lipinski definition) is 4. The molecule has 1 N–H and O–H groups in total. The van der Waals surface area contributed by atoms with Gasteiger partial charge in [-0.3, -0.25) is 0 Å². The number of anilines is 1.